The lowest BCUT2D eigenvalue weighted by Crippen LogP contribution is -2.13. The summed E-state index contributed by atoms with van der Waals surface area (Å²) in [5.41, 5.74) is 11.4. The lowest BCUT2D eigenvalue weighted by molar-refractivity contribution is 0.795. The first-order valence-corrected chi connectivity index (χ1v) is 17.2. The third-order valence-electron chi connectivity index (χ3n) is 8.80. The van der Waals surface area contributed by atoms with E-state index in [1.54, 1.807) is 0 Å². The smallest absolute Gasteiger partial charge is 0.0463 e. The fourth-order valence-electron chi connectivity index (χ4n) is 6.34. The van der Waals surface area contributed by atoms with Crippen molar-refractivity contribution in [3.05, 3.63) is 200 Å². The molecule has 0 heterocycles. The van der Waals surface area contributed by atoms with E-state index in [1.807, 2.05) is 0 Å². The maximum atomic E-state index is 2.35. The SMILES string of the molecule is CCCCc1ccc(N(c2ccc(N(c3ccccc3)c3ccccc3)cc2)c2ccc(N(c3ccccc3)c3ccccc3)cc2)cc1. The van der Waals surface area contributed by atoms with E-state index >= 15 is 0 Å². The molecule has 0 saturated heterocycles. The Morgan fingerprint density at radius 1 is 0.286 bits per heavy atom. The number of rotatable bonds is 12. The van der Waals surface area contributed by atoms with Gasteiger partial charge in [0.25, 0.3) is 0 Å². The van der Waals surface area contributed by atoms with E-state index in [1.165, 1.54) is 18.4 Å². The lowest BCUT2D eigenvalue weighted by atomic mass is 10.1. The number of nitrogens with zero attached hydrogens (tertiary/aromatic N) is 3. The third-order valence-corrected chi connectivity index (χ3v) is 8.80. The van der Waals surface area contributed by atoms with Crippen LogP contribution in [0.1, 0.15) is 25.3 Å². The van der Waals surface area contributed by atoms with Crippen LogP contribution in [0.5, 0.6) is 0 Å². The Morgan fingerprint density at radius 2 is 0.510 bits per heavy atom. The minimum Gasteiger partial charge on any atom is -0.311 e. The van der Waals surface area contributed by atoms with Crippen LogP contribution in [0.3, 0.4) is 0 Å². The van der Waals surface area contributed by atoms with Crippen LogP contribution in [0.4, 0.5) is 51.2 Å². The summed E-state index contributed by atoms with van der Waals surface area (Å²) in [5.74, 6) is 0. The highest BCUT2D eigenvalue weighted by atomic mass is 15.2. The molecule has 0 aliphatic carbocycles. The topological polar surface area (TPSA) is 9.72 Å². The fourth-order valence-corrected chi connectivity index (χ4v) is 6.34. The minimum atomic E-state index is 1.10. The van der Waals surface area contributed by atoms with Gasteiger partial charge in [0, 0.05) is 51.2 Å². The number of aryl methyl sites for hydroxylation is 1. The standard InChI is InChI=1S/C46H41N3/c1-2-3-16-37-25-27-42(28-26-37)49(45-33-29-43(30-34-45)47(38-17-8-4-9-18-38)39-19-10-5-11-20-39)46-35-31-44(32-36-46)48(40-21-12-6-13-22-40)41-23-14-7-15-24-41/h4-15,17-36H,2-3,16H2,1H3. The number of unbranched alkanes of at least 4 members (excludes halogenated alkanes) is 1. The van der Waals surface area contributed by atoms with Gasteiger partial charge in [-0.3, -0.25) is 0 Å². The van der Waals surface area contributed by atoms with Crippen LogP contribution in [0, 0.1) is 0 Å². The molecule has 3 nitrogen and oxygen atoms in total. The van der Waals surface area contributed by atoms with E-state index in [4.69, 9.17) is 0 Å². The first-order chi connectivity index (χ1) is 24.3. The summed E-state index contributed by atoms with van der Waals surface area (Å²) in [6.45, 7) is 2.25. The summed E-state index contributed by atoms with van der Waals surface area (Å²) in [5, 5.41) is 0. The van der Waals surface area contributed by atoms with E-state index in [0.717, 1.165) is 57.6 Å². The first-order valence-electron chi connectivity index (χ1n) is 17.2. The molecular formula is C46H41N3. The Morgan fingerprint density at radius 3 is 0.755 bits per heavy atom. The van der Waals surface area contributed by atoms with Crippen molar-refractivity contribution in [2.75, 3.05) is 14.7 Å². The summed E-state index contributed by atoms with van der Waals surface area (Å²) in [7, 11) is 0. The molecule has 0 spiro atoms. The van der Waals surface area contributed by atoms with Gasteiger partial charge in [0.15, 0.2) is 0 Å². The molecule has 7 aromatic rings. The van der Waals surface area contributed by atoms with E-state index < -0.39 is 0 Å². The maximum Gasteiger partial charge on any atom is 0.0463 e. The van der Waals surface area contributed by atoms with Crippen molar-refractivity contribution in [2.45, 2.75) is 26.2 Å². The maximum absolute atomic E-state index is 2.35. The summed E-state index contributed by atoms with van der Waals surface area (Å²) in [6.07, 6.45) is 3.49. The number of anilines is 9. The molecule has 0 bridgehead atoms. The van der Waals surface area contributed by atoms with Crippen molar-refractivity contribution in [3.63, 3.8) is 0 Å². The van der Waals surface area contributed by atoms with Crippen LogP contribution in [-0.2, 0) is 6.42 Å². The van der Waals surface area contributed by atoms with Gasteiger partial charge in [-0.05, 0) is 128 Å². The molecule has 7 rings (SSSR count). The van der Waals surface area contributed by atoms with E-state index in [-0.39, 0.29) is 0 Å². The predicted molar refractivity (Wildman–Crippen MR) is 209 cm³/mol. The van der Waals surface area contributed by atoms with Crippen LogP contribution in [0.15, 0.2) is 194 Å². The Hall–Kier alpha value is -6.06. The molecule has 0 unspecified atom stereocenters. The van der Waals surface area contributed by atoms with Crippen LogP contribution in [0.25, 0.3) is 0 Å². The summed E-state index contributed by atoms with van der Waals surface area (Å²) in [6, 6.07) is 69.1. The van der Waals surface area contributed by atoms with Gasteiger partial charge in [-0.1, -0.05) is 98.3 Å². The van der Waals surface area contributed by atoms with Crippen molar-refractivity contribution in [3.8, 4) is 0 Å². The molecule has 0 fully saturated rings. The zero-order chi connectivity index (χ0) is 33.3. The second-order valence-electron chi connectivity index (χ2n) is 12.2. The molecule has 0 atom stereocenters. The van der Waals surface area contributed by atoms with Crippen LogP contribution >= 0.6 is 0 Å². The summed E-state index contributed by atoms with van der Waals surface area (Å²) < 4.78 is 0. The second-order valence-corrected chi connectivity index (χ2v) is 12.2. The molecule has 0 saturated carbocycles. The van der Waals surface area contributed by atoms with Gasteiger partial charge >= 0.3 is 0 Å². The van der Waals surface area contributed by atoms with Crippen molar-refractivity contribution in [2.24, 2.45) is 0 Å². The molecule has 7 aromatic carbocycles. The lowest BCUT2D eigenvalue weighted by Gasteiger charge is -2.29. The zero-order valence-electron chi connectivity index (χ0n) is 27.9. The Balaban J connectivity index is 1.27. The number of para-hydroxylation sites is 4. The van der Waals surface area contributed by atoms with Crippen molar-refractivity contribution in [1.82, 2.24) is 0 Å². The first kappa shape index (κ1) is 31.5. The number of hydrogen-bond donors (Lipinski definition) is 0. The van der Waals surface area contributed by atoms with E-state index in [9.17, 15) is 0 Å². The van der Waals surface area contributed by atoms with Crippen LogP contribution in [0.2, 0.25) is 0 Å². The van der Waals surface area contributed by atoms with Gasteiger partial charge in [0.05, 0.1) is 0 Å². The number of hydrogen-bond acceptors (Lipinski definition) is 3. The molecule has 49 heavy (non-hydrogen) atoms. The summed E-state index contributed by atoms with van der Waals surface area (Å²) >= 11 is 0. The molecule has 0 radical (unpaired) electrons. The van der Waals surface area contributed by atoms with Gasteiger partial charge in [-0.2, -0.15) is 0 Å². The quantitative estimate of drug-likeness (QED) is 0.132. The minimum absolute atomic E-state index is 1.10. The monoisotopic (exact) mass is 635 g/mol. The highest BCUT2D eigenvalue weighted by Gasteiger charge is 2.17. The normalized spacial score (nSPS) is 10.8. The average molecular weight is 636 g/mol. The van der Waals surface area contributed by atoms with Crippen LogP contribution in [-0.4, -0.2) is 0 Å². The predicted octanol–water partition coefficient (Wildman–Crippen LogP) is 13.4. The van der Waals surface area contributed by atoms with Crippen molar-refractivity contribution >= 4 is 51.2 Å². The largest absolute Gasteiger partial charge is 0.311 e. The molecular weight excluding hydrogens is 595 g/mol. The Bertz CT molecular complexity index is 1800. The summed E-state index contributed by atoms with van der Waals surface area (Å²) in [4.78, 5) is 6.95. The molecule has 0 N–H and O–H groups in total. The average Bonchev–Trinajstić information content (AvgIpc) is 3.18. The Kier molecular flexibility index (Phi) is 9.80. The van der Waals surface area contributed by atoms with Gasteiger partial charge < -0.3 is 14.7 Å². The highest BCUT2D eigenvalue weighted by Crippen LogP contribution is 2.41. The van der Waals surface area contributed by atoms with E-state index in [0.29, 0.717) is 0 Å². The highest BCUT2D eigenvalue weighted by molar-refractivity contribution is 5.83. The van der Waals surface area contributed by atoms with Crippen molar-refractivity contribution in [1.29, 1.82) is 0 Å². The van der Waals surface area contributed by atoms with E-state index in [2.05, 4.69) is 216 Å². The molecule has 0 aliphatic heterocycles. The van der Waals surface area contributed by atoms with Gasteiger partial charge in [-0.15, -0.1) is 0 Å². The molecule has 3 heteroatoms. The third kappa shape index (κ3) is 7.27. The second kappa shape index (κ2) is 15.2. The van der Waals surface area contributed by atoms with Gasteiger partial charge in [0.1, 0.15) is 0 Å². The van der Waals surface area contributed by atoms with Crippen molar-refractivity contribution < 1.29 is 0 Å². The Labute approximate surface area is 291 Å². The van der Waals surface area contributed by atoms with Gasteiger partial charge in [0.2, 0.25) is 0 Å². The molecule has 0 amide bonds. The fraction of sp³-hybridized carbons (Fsp3) is 0.0870. The molecule has 240 valence electrons. The van der Waals surface area contributed by atoms with Crippen LogP contribution < -0.4 is 14.7 Å². The van der Waals surface area contributed by atoms with Gasteiger partial charge in [-0.25, -0.2) is 0 Å². The molecule has 0 aromatic heterocycles. The molecule has 0 aliphatic rings. The number of benzene rings is 7. The zero-order valence-corrected chi connectivity index (χ0v) is 27.9.